The van der Waals surface area contributed by atoms with Crippen molar-refractivity contribution in [2.75, 3.05) is 19.0 Å². The predicted octanol–water partition coefficient (Wildman–Crippen LogP) is 2.95. The summed E-state index contributed by atoms with van der Waals surface area (Å²) in [7, 11) is 3.85. The van der Waals surface area contributed by atoms with Crippen LogP contribution >= 0.6 is 22.7 Å². The Balaban J connectivity index is 2.15. The number of anilines is 1. The Morgan fingerprint density at radius 1 is 1.40 bits per heavy atom. The highest BCUT2D eigenvalue weighted by Crippen LogP contribution is 2.34. The van der Waals surface area contributed by atoms with Gasteiger partial charge in [0.1, 0.15) is 9.71 Å². The Bertz CT molecular complexity index is 614. The highest BCUT2D eigenvalue weighted by atomic mass is 32.1. The highest BCUT2D eigenvalue weighted by Gasteiger charge is 2.20. The fourth-order valence-electron chi connectivity index (χ4n) is 1.59. The number of nitrogens with zero attached hydrogens (tertiary/aromatic N) is 2. The minimum atomic E-state index is -0.696. The smallest absolute Gasteiger partial charge is 0.349 e. The number of hydrogen-bond acceptors (Lipinski definition) is 7. The minimum absolute atomic E-state index is 0.0789. The van der Waals surface area contributed by atoms with Crippen molar-refractivity contribution in [1.29, 1.82) is 0 Å². The maximum atomic E-state index is 12.0. The lowest BCUT2D eigenvalue weighted by Gasteiger charge is -2.09. The lowest BCUT2D eigenvalue weighted by Crippen LogP contribution is -2.23. The first-order valence-corrected chi connectivity index (χ1v) is 7.87. The van der Waals surface area contributed by atoms with Gasteiger partial charge in [0.2, 0.25) is 0 Å². The molecule has 20 heavy (non-hydrogen) atoms. The number of carbonyl (C=O) groups is 2. The Labute approximate surface area is 125 Å². The molecule has 2 heterocycles. The van der Waals surface area contributed by atoms with Crippen molar-refractivity contribution in [1.82, 2.24) is 4.98 Å². The number of aromatic nitrogens is 1. The number of thiophene rings is 1. The van der Waals surface area contributed by atoms with E-state index in [2.05, 4.69) is 4.98 Å². The number of fused-ring (bicyclic) bond motifs is 1. The average Bonchev–Trinajstić information content (AvgIpc) is 2.95. The molecule has 0 aliphatic heterocycles. The molecule has 2 aromatic heterocycles. The Morgan fingerprint density at radius 2 is 2.10 bits per heavy atom. The monoisotopic (exact) mass is 312 g/mol. The van der Waals surface area contributed by atoms with Crippen LogP contribution in [-0.2, 0) is 9.53 Å². The van der Waals surface area contributed by atoms with Gasteiger partial charge in [-0.15, -0.1) is 11.3 Å². The average molecular weight is 312 g/mol. The molecule has 0 aliphatic rings. The fraction of sp³-hybridized carbons (Fsp3) is 0.462. The molecule has 1 atom stereocenters. The van der Waals surface area contributed by atoms with E-state index in [1.165, 1.54) is 22.7 Å². The van der Waals surface area contributed by atoms with Gasteiger partial charge in [-0.2, -0.15) is 0 Å². The summed E-state index contributed by atoms with van der Waals surface area (Å²) >= 11 is 2.82. The van der Waals surface area contributed by atoms with Crippen LogP contribution in [-0.4, -0.2) is 36.9 Å². The number of rotatable bonds is 5. The number of carbonyl (C=O) groups excluding carboxylic acids is 2. The second-order valence-electron chi connectivity index (χ2n) is 4.54. The molecule has 0 amide bonds. The molecular weight excluding hydrogens is 296 g/mol. The maximum Gasteiger partial charge on any atom is 0.349 e. The molecule has 0 N–H and O–H groups in total. The van der Waals surface area contributed by atoms with E-state index in [1.807, 2.05) is 19.0 Å². The second kappa shape index (κ2) is 5.88. The van der Waals surface area contributed by atoms with Gasteiger partial charge in [0.05, 0.1) is 4.70 Å². The van der Waals surface area contributed by atoms with Crippen LogP contribution in [0.4, 0.5) is 5.13 Å². The number of ether oxygens (including phenoxy) is 1. The van der Waals surface area contributed by atoms with E-state index in [-0.39, 0.29) is 5.78 Å². The van der Waals surface area contributed by atoms with E-state index in [9.17, 15) is 9.59 Å². The summed E-state index contributed by atoms with van der Waals surface area (Å²) in [5.41, 5.74) is 0. The molecule has 5 nitrogen and oxygen atoms in total. The van der Waals surface area contributed by atoms with E-state index in [0.29, 0.717) is 11.3 Å². The van der Waals surface area contributed by atoms with Crippen LogP contribution in [0.1, 0.15) is 29.9 Å². The molecule has 0 saturated heterocycles. The van der Waals surface area contributed by atoms with Gasteiger partial charge in [-0.05, 0) is 13.0 Å². The Morgan fingerprint density at radius 3 is 2.65 bits per heavy atom. The highest BCUT2D eigenvalue weighted by molar-refractivity contribution is 7.29. The van der Waals surface area contributed by atoms with E-state index >= 15 is 0 Å². The summed E-state index contributed by atoms with van der Waals surface area (Å²) in [5, 5.41) is 0.903. The van der Waals surface area contributed by atoms with Crippen LogP contribution in [0.3, 0.4) is 0 Å². The third kappa shape index (κ3) is 2.99. The van der Waals surface area contributed by atoms with Crippen molar-refractivity contribution >= 4 is 49.1 Å². The molecule has 0 spiro atoms. The maximum absolute atomic E-state index is 12.0. The molecule has 0 saturated carbocycles. The lowest BCUT2D eigenvalue weighted by atomic mass is 10.2. The van der Waals surface area contributed by atoms with Gasteiger partial charge in [-0.3, -0.25) is 4.79 Å². The molecule has 0 fully saturated rings. The summed E-state index contributed by atoms with van der Waals surface area (Å²) in [6, 6.07) is 1.77. The molecule has 0 aromatic carbocycles. The summed E-state index contributed by atoms with van der Waals surface area (Å²) < 4.78 is 6.11. The van der Waals surface area contributed by atoms with E-state index < -0.39 is 12.1 Å². The third-order valence-corrected chi connectivity index (χ3v) is 5.06. The van der Waals surface area contributed by atoms with E-state index in [1.54, 1.807) is 19.9 Å². The van der Waals surface area contributed by atoms with Crippen LogP contribution in [0, 0.1) is 0 Å². The normalized spacial score (nSPS) is 12.4. The van der Waals surface area contributed by atoms with Crippen LogP contribution in [0.5, 0.6) is 0 Å². The standard InChI is InChI=1S/C13H16N2O3S2/c1-5-8(16)7(2)18-12(17)10-6-9-11(19-10)14-13(20-9)15(3)4/h6-7H,5H2,1-4H3/t7-/m1/s1. The van der Waals surface area contributed by atoms with Gasteiger partial charge in [-0.1, -0.05) is 18.3 Å². The second-order valence-corrected chi connectivity index (χ2v) is 6.58. The molecule has 0 radical (unpaired) electrons. The lowest BCUT2D eigenvalue weighted by molar-refractivity contribution is -0.126. The van der Waals surface area contributed by atoms with Gasteiger partial charge < -0.3 is 9.64 Å². The van der Waals surface area contributed by atoms with Gasteiger partial charge in [0.15, 0.2) is 17.0 Å². The zero-order valence-corrected chi connectivity index (χ0v) is 13.4. The molecule has 0 bridgehead atoms. The first kappa shape index (κ1) is 14.9. The van der Waals surface area contributed by atoms with Crippen LogP contribution in [0.25, 0.3) is 9.53 Å². The summed E-state index contributed by atoms with van der Waals surface area (Å²) in [6.45, 7) is 3.35. The van der Waals surface area contributed by atoms with Crippen molar-refractivity contribution in [3.05, 3.63) is 10.9 Å². The first-order valence-electron chi connectivity index (χ1n) is 6.23. The SMILES string of the molecule is CCC(=O)[C@@H](C)OC(=O)c1cc2sc(N(C)C)nc2s1. The number of Topliss-reactive ketones (excluding diaryl/α,β-unsaturated/α-hetero) is 1. The zero-order valence-electron chi connectivity index (χ0n) is 11.8. The quantitative estimate of drug-likeness (QED) is 0.794. The summed E-state index contributed by atoms with van der Waals surface area (Å²) in [4.78, 5) is 31.1. The number of esters is 1. The van der Waals surface area contributed by atoms with Crippen LogP contribution in [0.15, 0.2) is 6.07 Å². The third-order valence-electron chi connectivity index (χ3n) is 2.75. The molecule has 0 unspecified atom stereocenters. The van der Waals surface area contributed by atoms with E-state index in [4.69, 9.17) is 4.74 Å². The van der Waals surface area contributed by atoms with Gasteiger partial charge in [0, 0.05) is 20.5 Å². The van der Waals surface area contributed by atoms with Gasteiger partial charge >= 0.3 is 5.97 Å². The minimum Gasteiger partial charge on any atom is -0.450 e. The van der Waals surface area contributed by atoms with Crippen molar-refractivity contribution < 1.29 is 14.3 Å². The fourth-order valence-corrected chi connectivity index (χ4v) is 3.60. The largest absolute Gasteiger partial charge is 0.450 e. The number of thiazole rings is 1. The Kier molecular flexibility index (Phi) is 4.39. The zero-order chi connectivity index (χ0) is 14.9. The molecule has 0 aliphatic carbocycles. The van der Waals surface area contributed by atoms with E-state index in [0.717, 1.165) is 14.7 Å². The predicted molar refractivity (Wildman–Crippen MR) is 82.0 cm³/mol. The molecule has 108 valence electrons. The van der Waals surface area contributed by atoms with Crippen LogP contribution in [0.2, 0.25) is 0 Å². The van der Waals surface area contributed by atoms with Crippen molar-refractivity contribution in [2.45, 2.75) is 26.4 Å². The van der Waals surface area contributed by atoms with Gasteiger partial charge in [-0.25, -0.2) is 9.78 Å². The topological polar surface area (TPSA) is 59.5 Å². The van der Waals surface area contributed by atoms with Crippen LogP contribution < -0.4 is 4.90 Å². The molecular formula is C13H16N2O3S2. The Hall–Kier alpha value is -1.47. The number of hydrogen-bond donors (Lipinski definition) is 0. The van der Waals surface area contributed by atoms with Crippen molar-refractivity contribution in [2.24, 2.45) is 0 Å². The van der Waals surface area contributed by atoms with Crippen molar-refractivity contribution in [3.8, 4) is 0 Å². The van der Waals surface area contributed by atoms with Crippen molar-refractivity contribution in [3.63, 3.8) is 0 Å². The van der Waals surface area contributed by atoms with Gasteiger partial charge in [0.25, 0.3) is 0 Å². The molecule has 2 rings (SSSR count). The first-order chi connectivity index (χ1) is 9.42. The number of ketones is 1. The molecule has 7 heteroatoms. The summed E-state index contributed by atoms with van der Waals surface area (Å²) in [5.74, 6) is -0.536. The molecule has 2 aromatic rings. The summed E-state index contributed by atoms with van der Waals surface area (Å²) in [6.07, 6.45) is -0.334.